The van der Waals surface area contributed by atoms with Gasteiger partial charge in [0.15, 0.2) is 11.2 Å². The van der Waals surface area contributed by atoms with Gasteiger partial charge in [0.05, 0.1) is 10.5 Å². The fraction of sp³-hybridized carbons (Fsp3) is 0.176. The Kier molecular flexibility index (Phi) is 4.00. The molecule has 2 heterocycles. The molecule has 8 nitrogen and oxygen atoms in total. The first kappa shape index (κ1) is 16.4. The highest BCUT2D eigenvalue weighted by atomic mass is 32.2. The van der Waals surface area contributed by atoms with Crippen molar-refractivity contribution in [2.75, 3.05) is 11.6 Å². The molecule has 0 aliphatic carbocycles. The van der Waals surface area contributed by atoms with E-state index in [-0.39, 0.29) is 11.6 Å². The van der Waals surface area contributed by atoms with Crippen LogP contribution in [0.3, 0.4) is 0 Å². The molecule has 26 heavy (non-hydrogen) atoms. The van der Waals surface area contributed by atoms with E-state index in [1.54, 1.807) is 23.2 Å². The lowest BCUT2D eigenvalue weighted by molar-refractivity contribution is -0.386. The van der Waals surface area contributed by atoms with Crippen molar-refractivity contribution in [1.29, 1.82) is 0 Å². The summed E-state index contributed by atoms with van der Waals surface area (Å²) >= 11 is 1.31. The van der Waals surface area contributed by atoms with E-state index in [9.17, 15) is 14.9 Å². The minimum absolute atomic E-state index is 0.0185. The number of fused-ring (bicyclic) bond motifs is 3. The number of carbonyl (C=O) groups excluding carboxylic acids is 1. The van der Waals surface area contributed by atoms with Crippen LogP contribution in [0.4, 0.5) is 11.4 Å². The molecule has 132 valence electrons. The van der Waals surface area contributed by atoms with Crippen LogP contribution in [0.2, 0.25) is 0 Å². The van der Waals surface area contributed by atoms with Gasteiger partial charge in [-0.1, -0.05) is 42.1 Å². The second-order valence-corrected chi connectivity index (χ2v) is 6.63. The van der Waals surface area contributed by atoms with Crippen molar-refractivity contribution in [3.63, 3.8) is 0 Å². The number of nitrogens with one attached hydrogen (secondary N) is 2. The van der Waals surface area contributed by atoms with Gasteiger partial charge in [-0.3, -0.25) is 19.9 Å². The number of nitro groups is 1. The molecule has 0 saturated carbocycles. The van der Waals surface area contributed by atoms with E-state index in [0.717, 1.165) is 11.3 Å². The van der Waals surface area contributed by atoms with E-state index in [0.29, 0.717) is 10.7 Å². The Labute approximate surface area is 153 Å². The Morgan fingerprint density at radius 3 is 2.58 bits per heavy atom. The summed E-state index contributed by atoms with van der Waals surface area (Å²) in [7, 11) is 0. The number of benzene rings is 2. The molecule has 0 saturated heterocycles. The number of thioether (sulfide) groups is 1. The molecule has 0 spiro atoms. The Morgan fingerprint density at radius 1 is 1.15 bits per heavy atom. The highest BCUT2D eigenvalue weighted by Crippen LogP contribution is 2.44. The Hall–Kier alpha value is -3.07. The van der Waals surface area contributed by atoms with Crippen LogP contribution in [-0.4, -0.2) is 27.3 Å². The molecule has 2 aromatic rings. The number of hydrogen-bond donors (Lipinski definition) is 2. The van der Waals surface area contributed by atoms with Crippen LogP contribution in [0.15, 0.2) is 53.6 Å². The standard InChI is InChI=1S/C17H15N5O3S/c1-26-17-19-16(23)14-10-6-2-4-8-12(10)18-15(21(14)20-17)11-7-3-5-9-13(11)22(24)25/h2-9,14-15,18H,1H3,(H,19,20,23)/t14-,15+/m1/s1. The number of anilines is 1. The molecule has 0 bridgehead atoms. The summed E-state index contributed by atoms with van der Waals surface area (Å²) in [5.74, 6) is -0.207. The second-order valence-electron chi connectivity index (χ2n) is 5.83. The van der Waals surface area contributed by atoms with Gasteiger partial charge in [-0.15, -0.1) is 5.10 Å². The number of rotatable bonds is 2. The summed E-state index contributed by atoms with van der Waals surface area (Å²) in [4.78, 5) is 23.8. The normalized spacial score (nSPS) is 21.0. The summed E-state index contributed by atoms with van der Waals surface area (Å²) in [5.41, 5.74) is 1.98. The largest absolute Gasteiger partial charge is 0.360 e. The highest BCUT2D eigenvalue weighted by molar-refractivity contribution is 8.13. The molecule has 2 atom stereocenters. The number of amides is 1. The number of nitrogens with zero attached hydrogens (tertiary/aromatic N) is 3. The maximum Gasteiger partial charge on any atom is 0.276 e. The third-order valence-corrected chi connectivity index (χ3v) is 4.95. The van der Waals surface area contributed by atoms with E-state index >= 15 is 0 Å². The zero-order valence-electron chi connectivity index (χ0n) is 13.7. The summed E-state index contributed by atoms with van der Waals surface area (Å²) in [6.07, 6.45) is 1.18. The van der Waals surface area contributed by atoms with Gasteiger partial charge in [0.25, 0.3) is 11.6 Å². The van der Waals surface area contributed by atoms with Crippen LogP contribution in [0.5, 0.6) is 0 Å². The van der Waals surface area contributed by atoms with Crippen LogP contribution in [0, 0.1) is 10.1 Å². The third-order valence-electron chi connectivity index (χ3n) is 4.38. The number of amidine groups is 1. The minimum atomic E-state index is -0.659. The first-order valence-corrected chi connectivity index (χ1v) is 9.13. The molecule has 0 radical (unpaired) electrons. The highest BCUT2D eigenvalue weighted by Gasteiger charge is 2.43. The molecule has 2 aliphatic heterocycles. The number of hydrazone groups is 1. The third kappa shape index (κ3) is 2.57. The first-order chi connectivity index (χ1) is 12.6. The van der Waals surface area contributed by atoms with Gasteiger partial charge in [0, 0.05) is 17.3 Å². The van der Waals surface area contributed by atoms with Gasteiger partial charge in [0.2, 0.25) is 0 Å². The fourth-order valence-corrected chi connectivity index (χ4v) is 3.63. The maximum absolute atomic E-state index is 12.7. The second kappa shape index (κ2) is 6.34. The monoisotopic (exact) mass is 369 g/mol. The van der Waals surface area contributed by atoms with Crippen LogP contribution < -0.4 is 10.6 Å². The predicted molar refractivity (Wildman–Crippen MR) is 99.6 cm³/mol. The first-order valence-electron chi connectivity index (χ1n) is 7.90. The van der Waals surface area contributed by atoms with Gasteiger partial charge in [-0.25, -0.2) is 0 Å². The summed E-state index contributed by atoms with van der Waals surface area (Å²) in [6.45, 7) is 0. The summed E-state index contributed by atoms with van der Waals surface area (Å²) in [6, 6.07) is 13.3. The topological polar surface area (TPSA) is 99.9 Å². The van der Waals surface area contributed by atoms with Crippen LogP contribution in [-0.2, 0) is 4.79 Å². The fourth-order valence-electron chi connectivity index (χ4n) is 3.25. The molecule has 0 unspecified atom stereocenters. The lowest BCUT2D eigenvalue weighted by atomic mass is 9.97. The zero-order chi connectivity index (χ0) is 18.3. The molecule has 1 amide bonds. The average molecular weight is 369 g/mol. The van der Waals surface area contributed by atoms with Crippen LogP contribution >= 0.6 is 11.8 Å². The minimum Gasteiger partial charge on any atom is -0.360 e. The van der Waals surface area contributed by atoms with Gasteiger partial charge >= 0.3 is 0 Å². The molecule has 2 N–H and O–H groups in total. The van der Waals surface area contributed by atoms with E-state index in [4.69, 9.17) is 0 Å². The van der Waals surface area contributed by atoms with E-state index in [1.807, 2.05) is 30.5 Å². The molecule has 0 fully saturated rings. The van der Waals surface area contributed by atoms with Gasteiger partial charge in [-0.05, 0) is 18.4 Å². The summed E-state index contributed by atoms with van der Waals surface area (Å²) in [5, 5.41) is 24.2. The van der Waals surface area contributed by atoms with Crippen molar-refractivity contribution < 1.29 is 9.72 Å². The number of hydrogen-bond acceptors (Lipinski definition) is 7. The number of carbonyl (C=O) groups is 1. The lowest BCUT2D eigenvalue weighted by Gasteiger charge is -2.43. The zero-order valence-corrected chi connectivity index (χ0v) is 14.6. The Bertz CT molecular complexity index is 932. The van der Waals surface area contributed by atoms with Crippen LogP contribution in [0.1, 0.15) is 23.3 Å². The molecule has 2 aromatic carbocycles. The molecule has 2 aliphatic rings. The van der Waals surface area contributed by atoms with Crippen LogP contribution in [0.25, 0.3) is 0 Å². The Balaban J connectivity index is 1.90. The number of para-hydroxylation sites is 2. The molecule has 0 aromatic heterocycles. The number of nitro benzene ring substituents is 1. The van der Waals surface area contributed by atoms with Crippen molar-refractivity contribution in [3.05, 3.63) is 69.8 Å². The molecular formula is C17H15N5O3S. The van der Waals surface area contributed by atoms with E-state index in [1.165, 1.54) is 17.8 Å². The van der Waals surface area contributed by atoms with E-state index < -0.39 is 17.1 Å². The predicted octanol–water partition coefficient (Wildman–Crippen LogP) is 2.83. The van der Waals surface area contributed by atoms with Crippen molar-refractivity contribution in [2.45, 2.75) is 12.2 Å². The van der Waals surface area contributed by atoms with Crippen molar-refractivity contribution in [1.82, 2.24) is 10.3 Å². The Morgan fingerprint density at radius 2 is 1.85 bits per heavy atom. The van der Waals surface area contributed by atoms with Crippen molar-refractivity contribution >= 4 is 34.2 Å². The SMILES string of the molecule is CSC1=NN2[C@@H](c3ccccc3[N+](=O)[O-])Nc3ccccc3[C@@H]2C(=O)N1. The van der Waals surface area contributed by atoms with E-state index in [2.05, 4.69) is 15.7 Å². The average Bonchev–Trinajstić information content (AvgIpc) is 2.66. The molecule has 9 heteroatoms. The van der Waals surface area contributed by atoms with Gasteiger partial charge in [-0.2, -0.15) is 0 Å². The molecule has 4 rings (SSSR count). The van der Waals surface area contributed by atoms with Gasteiger partial charge in [0.1, 0.15) is 6.17 Å². The van der Waals surface area contributed by atoms with Crippen molar-refractivity contribution in [3.8, 4) is 0 Å². The summed E-state index contributed by atoms with van der Waals surface area (Å²) < 4.78 is 0. The lowest BCUT2D eigenvalue weighted by Crippen LogP contribution is -2.50. The maximum atomic E-state index is 12.7. The van der Waals surface area contributed by atoms with Crippen molar-refractivity contribution in [2.24, 2.45) is 5.10 Å². The van der Waals surface area contributed by atoms with Gasteiger partial charge < -0.3 is 10.6 Å². The molecular weight excluding hydrogens is 354 g/mol. The quantitative estimate of drug-likeness (QED) is 0.624. The smallest absolute Gasteiger partial charge is 0.276 e.